The molecule has 1 atom stereocenters. The van der Waals surface area contributed by atoms with E-state index in [0.29, 0.717) is 36.6 Å². The number of pyridine rings is 1. The van der Waals surface area contributed by atoms with Crippen molar-refractivity contribution in [1.82, 2.24) is 14.8 Å². The third-order valence-electron chi connectivity index (χ3n) is 5.94. The van der Waals surface area contributed by atoms with E-state index in [1.807, 2.05) is 50.2 Å². The van der Waals surface area contributed by atoms with Crippen molar-refractivity contribution in [3.05, 3.63) is 101 Å². The fraction of sp³-hybridized carbons (Fsp3) is 0.250. The quantitative estimate of drug-likeness (QED) is 0.304. The molecule has 1 N–H and O–H groups in total. The summed E-state index contributed by atoms with van der Waals surface area (Å²) in [5, 5.41) is 11.2. The van der Waals surface area contributed by atoms with Crippen LogP contribution in [-0.2, 0) is 16.2 Å². The van der Waals surface area contributed by atoms with Gasteiger partial charge in [0.2, 0.25) is 0 Å². The number of aliphatic hydroxyl groups excluding tert-OH is 1. The van der Waals surface area contributed by atoms with Gasteiger partial charge in [-0.05, 0) is 62.5 Å². The summed E-state index contributed by atoms with van der Waals surface area (Å²) in [5.74, 6) is -0.900. The van der Waals surface area contributed by atoms with E-state index in [1.54, 1.807) is 42.7 Å². The number of aryl methyl sites for hydroxylation is 1. The molecule has 4 rings (SSSR count). The van der Waals surface area contributed by atoms with Gasteiger partial charge in [-0.25, -0.2) is 0 Å². The lowest BCUT2D eigenvalue weighted by Crippen LogP contribution is -2.35. The van der Waals surface area contributed by atoms with E-state index >= 15 is 0 Å². The zero-order valence-corrected chi connectivity index (χ0v) is 20.1. The molecule has 1 aliphatic heterocycles. The van der Waals surface area contributed by atoms with Gasteiger partial charge < -0.3 is 19.6 Å². The van der Waals surface area contributed by atoms with Crippen LogP contribution in [0.25, 0.3) is 5.76 Å². The summed E-state index contributed by atoms with van der Waals surface area (Å²) in [6, 6.07) is 17.8. The lowest BCUT2D eigenvalue weighted by Gasteiger charge is -2.26. The smallest absolute Gasteiger partial charge is 0.295 e. The number of amides is 1. The number of Topliss-reactive ketones (excluding diaryl/α,β-unsaturated/α-hetero) is 1. The largest absolute Gasteiger partial charge is 0.507 e. The monoisotopic (exact) mass is 471 g/mol. The van der Waals surface area contributed by atoms with E-state index in [0.717, 1.165) is 11.1 Å². The number of likely N-dealkylation sites (N-methyl/N-ethyl adjacent to an activating group) is 1. The summed E-state index contributed by atoms with van der Waals surface area (Å²) in [7, 11) is 3.80. The normalized spacial score (nSPS) is 17.3. The van der Waals surface area contributed by atoms with Gasteiger partial charge in [0.15, 0.2) is 0 Å². The summed E-state index contributed by atoms with van der Waals surface area (Å²) >= 11 is 0. The molecule has 7 heteroatoms. The van der Waals surface area contributed by atoms with Crippen LogP contribution >= 0.6 is 0 Å². The highest BCUT2D eigenvalue weighted by Gasteiger charge is 2.46. The molecule has 180 valence electrons. The van der Waals surface area contributed by atoms with E-state index in [1.165, 1.54) is 4.90 Å². The molecular weight excluding hydrogens is 442 g/mol. The molecule has 2 heterocycles. The molecule has 35 heavy (non-hydrogen) atoms. The number of carbonyl (C=O) groups excluding carboxylic acids is 2. The SMILES string of the molecule is Cc1cccc(COc2ccc(/C(O)=C3\C(=O)C(=O)N(CCN(C)C)[C@H]3c3cccnc3)cc2)c1. The lowest BCUT2D eigenvalue weighted by molar-refractivity contribution is -0.140. The molecule has 1 fully saturated rings. The Morgan fingerprint density at radius 1 is 1.09 bits per heavy atom. The van der Waals surface area contributed by atoms with Gasteiger partial charge in [-0.15, -0.1) is 0 Å². The Balaban J connectivity index is 1.62. The highest BCUT2D eigenvalue weighted by atomic mass is 16.5. The number of carbonyl (C=O) groups is 2. The van der Waals surface area contributed by atoms with Gasteiger partial charge >= 0.3 is 0 Å². The molecule has 0 bridgehead atoms. The number of hydrogen-bond acceptors (Lipinski definition) is 6. The van der Waals surface area contributed by atoms with E-state index in [9.17, 15) is 14.7 Å². The van der Waals surface area contributed by atoms with Crippen LogP contribution in [0.5, 0.6) is 5.75 Å². The summed E-state index contributed by atoms with van der Waals surface area (Å²) in [5.41, 5.74) is 3.40. The first-order valence-corrected chi connectivity index (χ1v) is 11.5. The van der Waals surface area contributed by atoms with Crippen LogP contribution < -0.4 is 4.74 Å². The average molecular weight is 472 g/mol. The van der Waals surface area contributed by atoms with Crippen LogP contribution in [0.4, 0.5) is 0 Å². The Bertz CT molecular complexity index is 1240. The molecule has 1 aromatic heterocycles. The number of aliphatic hydroxyl groups is 1. The Kier molecular flexibility index (Phi) is 7.27. The van der Waals surface area contributed by atoms with Gasteiger partial charge in [0.25, 0.3) is 11.7 Å². The van der Waals surface area contributed by atoms with Crippen LogP contribution in [0, 0.1) is 6.92 Å². The van der Waals surface area contributed by atoms with E-state index < -0.39 is 17.7 Å². The highest BCUT2D eigenvalue weighted by Crippen LogP contribution is 2.39. The van der Waals surface area contributed by atoms with Crippen LogP contribution in [0.15, 0.2) is 78.6 Å². The van der Waals surface area contributed by atoms with Crippen molar-refractivity contribution in [3.8, 4) is 5.75 Å². The van der Waals surface area contributed by atoms with Crippen LogP contribution in [0.1, 0.15) is 28.3 Å². The minimum absolute atomic E-state index is 0.0650. The third kappa shape index (κ3) is 5.41. The number of benzene rings is 2. The molecule has 2 aromatic carbocycles. The zero-order valence-electron chi connectivity index (χ0n) is 20.1. The van der Waals surface area contributed by atoms with Crippen molar-refractivity contribution in [2.24, 2.45) is 0 Å². The van der Waals surface area contributed by atoms with Gasteiger partial charge in [0, 0.05) is 31.0 Å². The maximum absolute atomic E-state index is 13.0. The summed E-state index contributed by atoms with van der Waals surface area (Å²) in [6.07, 6.45) is 3.25. The Morgan fingerprint density at radius 2 is 1.86 bits per heavy atom. The second-order valence-corrected chi connectivity index (χ2v) is 8.88. The fourth-order valence-electron chi connectivity index (χ4n) is 4.14. The number of ether oxygens (including phenoxy) is 1. The maximum Gasteiger partial charge on any atom is 0.295 e. The topological polar surface area (TPSA) is 83.0 Å². The molecule has 1 aliphatic rings. The molecule has 1 amide bonds. The van der Waals surface area contributed by atoms with Crippen molar-refractivity contribution >= 4 is 17.4 Å². The standard InChI is InChI=1S/C28H29N3O4/c1-19-6-4-7-20(16-19)18-35-23-11-9-21(10-12-23)26(32)24-25(22-8-5-13-29-17-22)31(15-14-30(2)3)28(34)27(24)33/h4-13,16-17,25,32H,14-15,18H2,1-3H3/b26-24+/t25-/m0/s1. The molecule has 1 saturated heterocycles. The number of ketones is 1. The van der Waals surface area contributed by atoms with Crippen molar-refractivity contribution in [1.29, 1.82) is 0 Å². The highest BCUT2D eigenvalue weighted by molar-refractivity contribution is 6.46. The lowest BCUT2D eigenvalue weighted by atomic mass is 9.96. The number of aromatic nitrogens is 1. The Hall–Kier alpha value is -3.97. The minimum Gasteiger partial charge on any atom is -0.507 e. The first-order chi connectivity index (χ1) is 16.8. The molecule has 0 spiro atoms. The second-order valence-electron chi connectivity index (χ2n) is 8.88. The van der Waals surface area contributed by atoms with Gasteiger partial charge in [-0.3, -0.25) is 14.6 Å². The third-order valence-corrected chi connectivity index (χ3v) is 5.94. The van der Waals surface area contributed by atoms with E-state index in [2.05, 4.69) is 11.1 Å². The molecule has 0 unspecified atom stereocenters. The van der Waals surface area contributed by atoms with Crippen molar-refractivity contribution in [2.75, 3.05) is 27.2 Å². The van der Waals surface area contributed by atoms with Crippen LogP contribution in [0.2, 0.25) is 0 Å². The van der Waals surface area contributed by atoms with Crippen molar-refractivity contribution in [3.63, 3.8) is 0 Å². The first kappa shape index (κ1) is 24.2. The molecule has 7 nitrogen and oxygen atoms in total. The maximum atomic E-state index is 13.0. The molecule has 0 aliphatic carbocycles. The molecular formula is C28H29N3O4. The average Bonchev–Trinajstić information content (AvgIpc) is 3.11. The number of rotatable bonds is 8. The van der Waals surface area contributed by atoms with Crippen molar-refractivity contribution in [2.45, 2.75) is 19.6 Å². The number of nitrogens with zero attached hydrogens (tertiary/aromatic N) is 3. The van der Waals surface area contributed by atoms with Crippen LogP contribution in [0.3, 0.4) is 0 Å². The fourth-order valence-corrected chi connectivity index (χ4v) is 4.14. The minimum atomic E-state index is -0.708. The van der Waals surface area contributed by atoms with Gasteiger partial charge in [0.1, 0.15) is 18.1 Å². The molecule has 0 radical (unpaired) electrons. The van der Waals surface area contributed by atoms with Crippen LogP contribution in [-0.4, -0.2) is 58.8 Å². The zero-order chi connectivity index (χ0) is 24.9. The second kappa shape index (κ2) is 10.5. The molecule has 0 saturated carbocycles. The summed E-state index contributed by atoms with van der Waals surface area (Å²) < 4.78 is 5.87. The predicted molar refractivity (Wildman–Crippen MR) is 134 cm³/mol. The Labute approximate surface area is 205 Å². The summed E-state index contributed by atoms with van der Waals surface area (Å²) in [4.78, 5) is 33.6. The van der Waals surface area contributed by atoms with E-state index in [4.69, 9.17) is 4.74 Å². The molecule has 3 aromatic rings. The first-order valence-electron chi connectivity index (χ1n) is 11.5. The van der Waals surface area contributed by atoms with Crippen molar-refractivity contribution < 1.29 is 19.4 Å². The predicted octanol–water partition coefficient (Wildman–Crippen LogP) is 3.95. The van der Waals surface area contributed by atoms with E-state index in [-0.39, 0.29) is 11.3 Å². The van der Waals surface area contributed by atoms with Gasteiger partial charge in [-0.2, -0.15) is 0 Å². The van der Waals surface area contributed by atoms with Gasteiger partial charge in [0.05, 0.1) is 11.6 Å². The summed E-state index contributed by atoms with van der Waals surface area (Å²) in [6.45, 7) is 3.38. The Morgan fingerprint density at radius 3 is 2.51 bits per heavy atom. The van der Waals surface area contributed by atoms with Gasteiger partial charge in [-0.1, -0.05) is 35.9 Å². The number of hydrogen-bond donors (Lipinski definition) is 1. The number of likely N-dealkylation sites (tertiary alicyclic amines) is 1.